The summed E-state index contributed by atoms with van der Waals surface area (Å²) >= 11 is 0. The summed E-state index contributed by atoms with van der Waals surface area (Å²) in [5.41, 5.74) is 1.97. The minimum Gasteiger partial charge on any atom is -0.496 e. The first-order valence-corrected chi connectivity index (χ1v) is 9.34. The van der Waals surface area contributed by atoms with Crippen molar-refractivity contribution in [3.05, 3.63) is 59.7 Å². The molecular formula is C22H26N2O5. The van der Waals surface area contributed by atoms with Crippen molar-refractivity contribution in [3.63, 3.8) is 0 Å². The van der Waals surface area contributed by atoms with Crippen molar-refractivity contribution in [3.8, 4) is 5.75 Å². The van der Waals surface area contributed by atoms with Gasteiger partial charge in [0.05, 0.1) is 12.7 Å². The molecule has 0 aliphatic heterocycles. The Morgan fingerprint density at radius 3 is 2.31 bits per heavy atom. The lowest BCUT2D eigenvalue weighted by atomic mass is 10.0. The Hall–Kier alpha value is -3.35. The largest absolute Gasteiger partial charge is 0.496 e. The molecule has 0 radical (unpaired) electrons. The molecule has 0 saturated heterocycles. The van der Waals surface area contributed by atoms with Gasteiger partial charge >= 0.3 is 5.97 Å². The Bertz CT molecular complexity index is 879. The lowest BCUT2D eigenvalue weighted by Gasteiger charge is -2.17. The van der Waals surface area contributed by atoms with Crippen LogP contribution < -0.4 is 15.4 Å². The molecule has 1 atom stereocenters. The normalized spacial score (nSPS) is 11.5. The van der Waals surface area contributed by atoms with E-state index in [0.717, 1.165) is 5.56 Å². The zero-order valence-corrected chi connectivity index (χ0v) is 17.0. The molecule has 0 heterocycles. The van der Waals surface area contributed by atoms with Gasteiger partial charge in [-0.05, 0) is 36.6 Å². The molecule has 7 heteroatoms. The number of amides is 2. The molecule has 0 bridgehead atoms. The maximum atomic E-state index is 12.4. The molecule has 0 unspecified atom stereocenters. The van der Waals surface area contributed by atoms with E-state index in [1.165, 1.54) is 14.0 Å². The molecule has 7 nitrogen and oxygen atoms in total. The van der Waals surface area contributed by atoms with E-state index < -0.39 is 23.9 Å². The summed E-state index contributed by atoms with van der Waals surface area (Å²) in [5.74, 6) is -0.998. The average Bonchev–Trinajstić information content (AvgIpc) is 2.72. The number of carbonyl (C=O) groups is 3. The first-order chi connectivity index (χ1) is 13.8. The smallest absolute Gasteiger partial charge is 0.326 e. The summed E-state index contributed by atoms with van der Waals surface area (Å²) in [5, 5.41) is 5.25. The quantitative estimate of drug-likeness (QED) is 0.667. The third-order valence-electron chi connectivity index (χ3n) is 4.26. The number of methoxy groups -OCH3 is 1. The molecule has 29 heavy (non-hydrogen) atoms. The van der Waals surface area contributed by atoms with Gasteiger partial charge in [-0.25, -0.2) is 0 Å². The van der Waals surface area contributed by atoms with E-state index in [2.05, 4.69) is 10.6 Å². The lowest BCUT2D eigenvalue weighted by Crippen LogP contribution is -2.36. The number of anilines is 1. The molecule has 0 fully saturated rings. The first-order valence-electron chi connectivity index (χ1n) is 9.34. The average molecular weight is 398 g/mol. The highest BCUT2D eigenvalue weighted by molar-refractivity contribution is 5.99. The van der Waals surface area contributed by atoms with Crippen LogP contribution in [0.2, 0.25) is 0 Å². The van der Waals surface area contributed by atoms with Gasteiger partial charge in [-0.1, -0.05) is 44.2 Å². The van der Waals surface area contributed by atoms with Crippen molar-refractivity contribution in [1.82, 2.24) is 5.32 Å². The van der Waals surface area contributed by atoms with E-state index in [9.17, 15) is 14.4 Å². The van der Waals surface area contributed by atoms with Crippen molar-refractivity contribution in [1.29, 1.82) is 0 Å². The van der Waals surface area contributed by atoms with Crippen LogP contribution in [-0.4, -0.2) is 37.5 Å². The summed E-state index contributed by atoms with van der Waals surface area (Å²) in [6.45, 7) is 5.17. The van der Waals surface area contributed by atoms with E-state index in [4.69, 9.17) is 9.47 Å². The number of rotatable bonds is 8. The Balaban J connectivity index is 1.89. The van der Waals surface area contributed by atoms with Crippen molar-refractivity contribution in [2.24, 2.45) is 0 Å². The Morgan fingerprint density at radius 2 is 1.62 bits per heavy atom. The van der Waals surface area contributed by atoms with Gasteiger partial charge < -0.3 is 20.1 Å². The van der Waals surface area contributed by atoms with Crippen LogP contribution in [0.5, 0.6) is 5.75 Å². The fourth-order valence-corrected chi connectivity index (χ4v) is 2.72. The molecule has 2 rings (SSSR count). The van der Waals surface area contributed by atoms with E-state index in [-0.39, 0.29) is 12.5 Å². The van der Waals surface area contributed by atoms with Crippen LogP contribution in [0.4, 0.5) is 5.69 Å². The molecule has 0 spiro atoms. The van der Waals surface area contributed by atoms with Gasteiger partial charge in [0.15, 0.2) is 6.10 Å². The van der Waals surface area contributed by atoms with Crippen molar-refractivity contribution in [2.75, 3.05) is 19.0 Å². The third kappa shape index (κ3) is 6.07. The van der Waals surface area contributed by atoms with E-state index >= 15 is 0 Å². The number of hydrogen-bond acceptors (Lipinski definition) is 5. The standard InChI is InChI=1S/C22H26N2O5/c1-14(2)16-9-5-7-11-18(16)24-21(26)15(3)29-20(25)13-23-22(27)17-10-6-8-12-19(17)28-4/h5-12,14-15H,13H2,1-4H3,(H,23,27)(H,24,26)/t15-/m0/s1. The highest BCUT2D eigenvalue weighted by atomic mass is 16.5. The highest BCUT2D eigenvalue weighted by Crippen LogP contribution is 2.23. The van der Waals surface area contributed by atoms with Gasteiger partial charge in [0, 0.05) is 5.69 Å². The van der Waals surface area contributed by atoms with Crippen LogP contribution in [0.15, 0.2) is 48.5 Å². The summed E-state index contributed by atoms with van der Waals surface area (Å²) in [7, 11) is 1.46. The monoisotopic (exact) mass is 398 g/mol. The lowest BCUT2D eigenvalue weighted by molar-refractivity contribution is -0.152. The predicted molar refractivity (Wildman–Crippen MR) is 110 cm³/mol. The fourth-order valence-electron chi connectivity index (χ4n) is 2.72. The van der Waals surface area contributed by atoms with Crippen LogP contribution in [0.3, 0.4) is 0 Å². The van der Waals surface area contributed by atoms with Crippen LogP contribution in [0, 0.1) is 0 Å². The minimum atomic E-state index is -1.01. The van der Waals surface area contributed by atoms with Gasteiger partial charge in [-0.2, -0.15) is 0 Å². The SMILES string of the molecule is COc1ccccc1C(=O)NCC(=O)O[C@@H](C)C(=O)Nc1ccccc1C(C)C. The first kappa shape index (κ1) is 21.9. The van der Waals surface area contributed by atoms with Crippen molar-refractivity contribution in [2.45, 2.75) is 32.8 Å². The van der Waals surface area contributed by atoms with E-state index in [1.54, 1.807) is 30.3 Å². The molecule has 0 saturated carbocycles. The second-order valence-electron chi connectivity index (χ2n) is 6.75. The zero-order chi connectivity index (χ0) is 21.4. The zero-order valence-electron chi connectivity index (χ0n) is 17.0. The summed E-state index contributed by atoms with van der Waals surface area (Å²) < 4.78 is 10.3. The Morgan fingerprint density at radius 1 is 0.966 bits per heavy atom. The Kier molecular flexibility index (Phi) is 7.77. The molecular weight excluding hydrogens is 372 g/mol. The molecule has 2 aromatic rings. The van der Waals surface area contributed by atoms with Crippen molar-refractivity contribution < 1.29 is 23.9 Å². The molecule has 0 aromatic heterocycles. The van der Waals surface area contributed by atoms with Gasteiger partial charge in [0.1, 0.15) is 12.3 Å². The molecule has 2 N–H and O–H groups in total. The minimum absolute atomic E-state index is 0.231. The number of hydrogen-bond donors (Lipinski definition) is 2. The number of ether oxygens (including phenoxy) is 2. The van der Waals surface area contributed by atoms with Crippen LogP contribution in [0.1, 0.15) is 42.6 Å². The second kappa shape index (κ2) is 10.3. The molecule has 2 amide bonds. The van der Waals surface area contributed by atoms with Crippen molar-refractivity contribution >= 4 is 23.5 Å². The molecule has 2 aromatic carbocycles. The Labute approximate surface area is 170 Å². The van der Waals surface area contributed by atoms with Crippen LogP contribution in [-0.2, 0) is 14.3 Å². The molecule has 154 valence electrons. The van der Waals surface area contributed by atoms with Gasteiger partial charge in [0.2, 0.25) is 0 Å². The maximum absolute atomic E-state index is 12.4. The van der Waals surface area contributed by atoms with Gasteiger partial charge in [0.25, 0.3) is 11.8 Å². The predicted octanol–water partition coefficient (Wildman–Crippen LogP) is 3.12. The number of esters is 1. The molecule has 0 aliphatic rings. The van der Waals surface area contributed by atoms with Crippen LogP contribution in [0.25, 0.3) is 0 Å². The summed E-state index contributed by atoms with van der Waals surface area (Å²) in [6.07, 6.45) is -1.01. The number of benzene rings is 2. The van der Waals surface area contributed by atoms with Crippen LogP contribution >= 0.6 is 0 Å². The summed E-state index contributed by atoms with van der Waals surface area (Å²) in [6, 6.07) is 14.1. The van der Waals surface area contributed by atoms with Gasteiger partial charge in [-0.3, -0.25) is 14.4 Å². The number of nitrogens with one attached hydrogen (secondary N) is 2. The van der Waals surface area contributed by atoms with Gasteiger partial charge in [-0.15, -0.1) is 0 Å². The second-order valence-corrected chi connectivity index (χ2v) is 6.75. The van der Waals surface area contributed by atoms with E-state index in [1.807, 2.05) is 32.0 Å². The fraction of sp³-hybridized carbons (Fsp3) is 0.318. The number of carbonyl (C=O) groups excluding carboxylic acids is 3. The number of para-hydroxylation sites is 2. The third-order valence-corrected chi connectivity index (χ3v) is 4.26. The van der Waals surface area contributed by atoms with E-state index in [0.29, 0.717) is 17.0 Å². The highest BCUT2D eigenvalue weighted by Gasteiger charge is 2.20. The summed E-state index contributed by atoms with van der Waals surface area (Å²) in [4.78, 5) is 36.6. The maximum Gasteiger partial charge on any atom is 0.326 e. The topological polar surface area (TPSA) is 93.7 Å². The molecule has 0 aliphatic carbocycles.